The molecule has 0 unspecified atom stereocenters. The molecule has 0 bridgehead atoms. The number of benzene rings is 2. The van der Waals surface area contributed by atoms with Crippen molar-refractivity contribution in [1.29, 1.82) is 0 Å². The zero-order valence-corrected chi connectivity index (χ0v) is 18.1. The second kappa shape index (κ2) is 11.5. The van der Waals surface area contributed by atoms with Crippen molar-refractivity contribution in [1.82, 2.24) is 20.4 Å². The number of nitrogens with one attached hydrogen (secondary N) is 3. The van der Waals surface area contributed by atoms with Crippen molar-refractivity contribution in [3.8, 4) is 0 Å². The lowest BCUT2D eigenvalue weighted by molar-refractivity contribution is -0.116. The standard InChI is InChI=1S/C24H30N6O/c1-3-7-23(31)29-22-12-10-19(11-13-22)16-26-24(25-2)27-17-20-8-4-5-9-21(20)18-30-15-6-14-28-30/h4-6,8-15H,3,7,16-18H2,1-2H3,(H,29,31)(H2,25,26,27). The van der Waals surface area contributed by atoms with Gasteiger partial charge in [-0.05, 0) is 41.3 Å². The van der Waals surface area contributed by atoms with E-state index >= 15 is 0 Å². The third-order valence-electron chi connectivity index (χ3n) is 4.85. The first-order chi connectivity index (χ1) is 15.2. The van der Waals surface area contributed by atoms with E-state index in [-0.39, 0.29) is 5.91 Å². The van der Waals surface area contributed by atoms with Crippen LogP contribution >= 0.6 is 0 Å². The first-order valence-corrected chi connectivity index (χ1v) is 10.6. The molecule has 0 aliphatic heterocycles. The highest BCUT2D eigenvalue weighted by Crippen LogP contribution is 2.11. The molecule has 162 valence electrons. The van der Waals surface area contributed by atoms with Crippen LogP contribution in [0.4, 0.5) is 5.69 Å². The Bertz CT molecular complexity index is 980. The second-order valence-electron chi connectivity index (χ2n) is 7.25. The highest BCUT2D eigenvalue weighted by molar-refractivity contribution is 5.90. The molecule has 7 heteroatoms. The first kappa shape index (κ1) is 22.1. The van der Waals surface area contributed by atoms with Crippen molar-refractivity contribution in [3.63, 3.8) is 0 Å². The summed E-state index contributed by atoms with van der Waals surface area (Å²) < 4.78 is 1.92. The lowest BCUT2D eigenvalue weighted by Crippen LogP contribution is -2.36. The predicted molar refractivity (Wildman–Crippen MR) is 125 cm³/mol. The molecule has 1 amide bonds. The molecule has 3 N–H and O–H groups in total. The van der Waals surface area contributed by atoms with E-state index < -0.39 is 0 Å². The van der Waals surface area contributed by atoms with E-state index in [9.17, 15) is 4.79 Å². The fourth-order valence-corrected chi connectivity index (χ4v) is 3.19. The number of hydrogen-bond donors (Lipinski definition) is 3. The van der Waals surface area contributed by atoms with Crippen molar-refractivity contribution < 1.29 is 4.79 Å². The summed E-state index contributed by atoms with van der Waals surface area (Å²) in [5, 5.41) is 13.9. The summed E-state index contributed by atoms with van der Waals surface area (Å²) in [6.45, 7) is 4.03. The Labute approximate surface area is 183 Å². The fourth-order valence-electron chi connectivity index (χ4n) is 3.19. The third-order valence-corrected chi connectivity index (χ3v) is 4.85. The molecule has 0 saturated heterocycles. The topological polar surface area (TPSA) is 83.3 Å². The fraction of sp³-hybridized carbons (Fsp3) is 0.292. The van der Waals surface area contributed by atoms with E-state index in [1.165, 1.54) is 11.1 Å². The number of aliphatic imine (C=N–C) groups is 1. The molecular formula is C24H30N6O. The summed E-state index contributed by atoms with van der Waals surface area (Å²) in [7, 11) is 1.76. The van der Waals surface area contributed by atoms with E-state index in [4.69, 9.17) is 0 Å². The lowest BCUT2D eigenvalue weighted by Gasteiger charge is -2.15. The number of anilines is 1. The Hall–Kier alpha value is -3.61. The van der Waals surface area contributed by atoms with Gasteiger partial charge in [-0.3, -0.25) is 14.5 Å². The molecule has 3 rings (SSSR count). The van der Waals surface area contributed by atoms with Gasteiger partial charge in [0.2, 0.25) is 5.91 Å². The maximum Gasteiger partial charge on any atom is 0.224 e. The number of carbonyl (C=O) groups excluding carboxylic acids is 1. The number of aromatic nitrogens is 2. The smallest absolute Gasteiger partial charge is 0.224 e. The molecule has 1 heterocycles. The van der Waals surface area contributed by atoms with Crippen LogP contribution in [0.15, 0.2) is 72.0 Å². The second-order valence-corrected chi connectivity index (χ2v) is 7.25. The zero-order chi connectivity index (χ0) is 21.9. The van der Waals surface area contributed by atoms with Gasteiger partial charge in [0.1, 0.15) is 0 Å². The van der Waals surface area contributed by atoms with Crippen molar-refractivity contribution in [3.05, 3.63) is 83.7 Å². The highest BCUT2D eigenvalue weighted by Gasteiger charge is 2.05. The van der Waals surface area contributed by atoms with Gasteiger partial charge in [0.05, 0.1) is 6.54 Å². The summed E-state index contributed by atoms with van der Waals surface area (Å²) in [4.78, 5) is 16.0. The molecule has 0 spiro atoms. The number of carbonyl (C=O) groups is 1. The maximum atomic E-state index is 11.7. The first-order valence-electron chi connectivity index (χ1n) is 10.6. The van der Waals surface area contributed by atoms with Gasteiger partial charge in [-0.1, -0.05) is 43.3 Å². The molecule has 0 radical (unpaired) electrons. The van der Waals surface area contributed by atoms with Gasteiger partial charge in [0.15, 0.2) is 5.96 Å². The monoisotopic (exact) mass is 418 g/mol. The third kappa shape index (κ3) is 6.99. The number of hydrogen-bond acceptors (Lipinski definition) is 3. The number of guanidine groups is 1. The molecule has 1 aromatic heterocycles. The Morgan fingerprint density at radius 1 is 1.00 bits per heavy atom. The summed E-state index contributed by atoms with van der Waals surface area (Å²) in [6, 6.07) is 18.1. The minimum absolute atomic E-state index is 0.0471. The van der Waals surface area contributed by atoms with Crippen LogP contribution in [0.25, 0.3) is 0 Å². The van der Waals surface area contributed by atoms with Crippen LogP contribution < -0.4 is 16.0 Å². The molecule has 2 aromatic carbocycles. The quantitative estimate of drug-likeness (QED) is 0.367. The molecule has 31 heavy (non-hydrogen) atoms. The van der Waals surface area contributed by atoms with Gasteiger partial charge >= 0.3 is 0 Å². The van der Waals surface area contributed by atoms with Crippen molar-refractivity contribution >= 4 is 17.6 Å². The van der Waals surface area contributed by atoms with Crippen LogP contribution in [-0.4, -0.2) is 28.7 Å². The average Bonchev–Trinajstić information content (AvgIpc) is 3.29. The van der Waals surface area contributed by atoms with Crippen LogP contribution in [0.1, 0.15) is 36.5 Å². The molecule has 0 aliphatic rings. The molecule has 7 nitrogen and oxygen atoms in total. The Kier molecular flexibility index (Phi) is 8.22. The highest BCUT2D eigenvalue weighted by atomic mass is 16.1. The minimum Gasteiger partial charge on any atom is -0.352 e. The van der Waals surface area contributed by atoms with E-state index in [2.05, 4.69) is 38.2 Å². The lowest BCUT2D eigenvalue weighted by atomic mass is 10.1. The van der Waals surface area contributed by atoms with Gasteiger partial charge in [0, 0.05) is 44.6 Å². The largest absolute Gasteiger partial charge is 0.352 e. The summed E-state index contributed by atoms with van der Waals surface area (Å²) in [6.07, 6.45) is 5.13. The Balaban J connectivity index is 1.51. The van der Waals surface area contributed by atoms with E-state index in [1.807, 2.05) is 60.3 Å². The van der Waals surface area contributed by atoms with Gasteiger partial charge < -0.3 is 16.0 Å². The average molecular weight is 419 g/mol. The normalized spacial score (nSPS) is 11.2. The van der Waals surface area contributed by atoms with E-state index in [0.29, 0.717) is 19.5 Å². The van der Waals surface area contributed by atoms with E-state index in [0.717, 1.165) is 30.2 Å². The van der Waals surface area contributed by atoms with E-state index in [1.54, 1.807) is 13.2 Å². The molecule has 0 atom stereocenters. The molecule has 0 aliphatic carbocycles. The SMILES string of the molecule is CCCC(=O)Nc1ccc(CNC(=NC)NCc2ccccc2Cn2cccn2)cc1. The van der Waals surface area contributed by atoms with Crippen molar-refractivity contribution in [2.45, 2.75) is 39.4 Å². The van der Waals surface area contributed by atoms with Crippen LogP contribution in [0, 0.1) is 0 Å². The Morgan fingerprint density at radius 3 is 2.42 bits per heavy atom. The number of rotatable bonds is 9. The minimum atomic E-state index is 0.0471. The van der Waals surface area contributed by atoms with Crippen LogP contribution in [-0.2, 0) is 24.4 Å². The van der Waals surface area contributed by atoms with Gasteiger partial charge in [-0.15, -0.1) is 0 Å². The van der Waals surface area contributed by atoms with Crippen LogP contribution in [0.3, 0.4) is 0 Å². The molecule has 3 aromatic rings. The maximum absolute atomic E-state index is 11.7. The molecular weight excluding hydrogens is 388 g/mol. The number of amides is 1. The molecule has 0 fully saturated rings. The Morgan fingerprint density at radius 2 is 1.74 bits per heavy atom. The summed E-state index contributed by atoms with van der Waals surface area (Å²) in [5.41, 5.74) is 4.34. The zero-order valence-electron chi connectivity index (χ0n) is 18.1. The van der Waals surface area contributed by atoms with Gasteiger partial charge in [-0.25, -0.2) is 0 Å². The van der Waals surface area contributed by atoms with Gasteiger partial charge in [0.25, 0.3) is 0 Å². The van der Waals surface area contributed by atoms with Crippen LogP contribution in [0.5, 0.6) is 0 Å². The van der Waals surface area contributed by atoms with Gasteiger partial charge in [-0.2, -0.15) is 5.10 Å². The van der Waals surface area contributed by atoms with Crippen molar-refractivity contribution in [2.24, 2.45) is 4.99 Å². The molecule has 0 saturated carbocycles. The summed E-state index contributed by atoms with van der Waals surface area (Å²) in [5.74, 6) is 0.778. The van der Waals surface area contributed by atoms with Crippen LogP contribution in [0.2, 0.25) is 0 Å². The number of nitrogens with zero attached hydrogens (tertiary/aromatic N) is 3. The predicted octanol–water partition coefficient (Wildman–Crippen LogP) is 3.54. The summed E-state index contributed by atoms with van der Waals surface area (Å²) >= 11 is 0. The van der Waals surface area contributed by atoms with Crippen molar-refractivity contribution in [2.75, 3.05) is 12.4 Å².